The Labute approximate surface area is 124 Å². The van der Waals surface area contributed by atoms with Crippen LogP contribution in [0.3, 0.4) is 0 Å². The first kappa shape index (κ1) is 16.3. The monoisotopic (exact) mass is 282 g/mol. The minimum Gasteiger partial charge on any atom is -0.403 e. The normalized spacial score (nSPS) is 37.4. The fraction of sp³-hybridized carbons (Fsp3) is 1.00. The maximum atomic E-state index is 6.32. The van der Waals surface area contributed by atoms with Gasteiger partial charge in [0.25, 0.3) is 0 Å². The van der Waals surface area contributed by atoms with Gasteiger partial charge in [-0.05, 0) is 60.3 Å². The molecule has 0 aliphatic carbocycles. The Morgan fingerprint density at radius 1 is 1.15 bits per heavy atom. The maximum absolute atomic E-state index is 6.32. The molecule has 2 rings (SSSR count). The zero-order chi connectivity index (χ0) is 15.2. The van der Waals surface area contributed by atoms with Crippen LogP contribution in [0.15, 0.2) is 0 Å². The highest BCUT2D eigenvalue weighted by molar-refractivity contribution is 6.45. The summed E-state index contributed by atoms with van der Waals surface area (Å²) in [6.07, 6.45) is 3.17. The molecule has 2 fully saturated rings. The molecule has 0 aromatic carbocycles. The van der Waals surface area contributed by atoms with Gasteiger partial charge < -0.3 is 19.9 Å². The molecule has 2 aliphatic rings. The van der Waals surface area contributed by atoms with Crippen LogP contribution in [0.5, 0.6) is 0 Å². The number of hydrogen-bond donors (Lipinski definition) is 1. The zero-order valence-electron chi connectivity index (χ0n) is 14.0. The van der Waals surface area contributed by atoms with Gasteiger partial charge in [0, 0.05) is 18.6 Å². The van der Waals surface area contributed by atoms with Crippen molar-refractivity contribution >= 4 is 7.12 Å². The summed E-state index contributed by atoms with van der Waals surface area (Å²) in [5.41, 5.74) is 5.82. The van der Waals surface area contributed by atoms with E-state index in [0.717, 1.165) is 32.3 Å². The van der Waals surface area contributed by atoms with Crippen LogP contribution in [-0.4, -0.2) is 48.9 Å². The van der Waals surface area contributed by atoms with E-state index in [9.17, 15) is 0 Å². The number of likely N-dealkylation sites (N-methyl/N-ethyl adjacent to an activating group) is 1. The quantitative estimate of drug-likeness (QED) is 0.806. The van der Waals surface area contributed by atoms with E-state index in [0.29, 0.717) is 5.92 Å². The Bertz CT molecular complexity index is 340. The van der Waals surface area contributed by atoms with Crippen molar-refractivity contribution in [2.24, 2.45) is 11.7 Å². The lowest BCUT2D eigenvalue weighted by molar-refractivity contribution is 0.00578. The van der Waals surface area contributed by atoms with Crippen molar-refractivity contribution in [1.29, 1.82) is 0 Å². The molecular formula is C15H31BN2O2. The minimum absolute atomic E-state index is 0.0619. The van der Waals surface area contributed by atoms with Crippen LogP contribution in [0.4, 0.5) is 0 Å². The fourth-order valence-corrected chi connectivity index (χ4v) is 3.56. The fourth-order valence-electron chi connectivity index (χ4n) is 3.56. The van der Waals surface area contributed by atoms with Gasteiger partial charge in [-0.15, -0.1) is 0 Å². The molecule has 0 spiro atoms. The van der Waals surface area contributed by atoms with Crippen molar-refractivity contribution in [3.8, 4) is 0 Å². The number of hydrogen-bond acceptors (Lipinski definition) is 4. The highest BCUT2D eigenvalue weighted by atomic mass is 16.7. The first-order valence-electron chi connectivity index (χ1n) is 7.84. The molecule has 2 saturated heterocycles. The number of likely N-dealkylation sites (tertiary alicyclic amines) is 1. The molecule has 116 valence electrons. The molecule has 2 atom stereocenters. The number of nitrogens with two attached hydrogens (primary N) is 1. The molecular weight excluding hydrogens is 251 g/mol. The van der Waals surface area contributed by atoms with Crippen molar-refractivity contribution in [2.45, 2.75) is 70.5 Å². The van der Waals surface area contributed by atoms with Crippen LogP contribution in [0.1, 0.15) is 47.5 Å². The Morgan fingerprint density at radius 2 is 1.70 bits per heavy atom. The molecule has 0 amide bonds. The smallest absolute Gasteiger partial charge is 0.403 e. The van der Waals surface area contributed by atoms with Crippen LogP contribution in [-0.2, 0) is 9.31 Å². The summed E-state index contributed by atoms with van der Waals surface area (Å²) >= 11 is 0. The zero-order valence-corrected chi connectivity index (χ0v) is 14.0. The number of rotatable bonds is 3. The van der Waals surface area contributed by atoms with Crippen LogP contribution in [0.25, 0.3) is 0 Å². The third kappa shape index (κ3) is 3.56. The highest BCUT2D eigenvalue weighted by Crippen LogP contribution is 2.38. The molecule has 0 aromatic heterocycles. The third-order valence-electron chi connectivity index (χ3n) is 5.07. The molecule has 0 unspecified atom stereocenters. The van der Waals surface area contributed by atoms with Gasteiger partial charge in [0.05, 0.1) is 11.2 Å². The Morgan fingerprint density at radius 3 is 2.20 bits per heavy atom. The average molecular weight is 282 g/mol. The van der Waals surface area contributed by atoms with Crippen molar-refractivity contribution in [3.63, 3.8) is 0 Å². The molecule has 4 nitrogen and oxygen atoms in total. The van der Waals surface area contributed by atoms with Crippen molar-refractivity contribution in [1.82, 2.24) is 4.90 Å². The predicted octanol–water partition coefficient (Wildman–Crippen LogP) is 2.14. The molecule has 0 aromatic rings. The second kappa shape index (κ2) is 5.27. The Kier molecular flexibility index (Phi) is 4.29. The maximum Gasteiger partial charge on any atom is 0.457 e. The summed E-state index contributed by atoms with van der Waals surface area (Å²) in [6, 6.07) is 0. The van der Waals surface area contributed by atoms with E-state index in [1.807, 2.05) is 0 Å². The molecule has 0 radical (unpaired) electrons. The molecule has 0 bridgehead atoms. The summed E-state index contributed by atoms with van der Waals surface area (Å²) in [5.74, 6) is 0.641. The Balaban J connectivity index is 1.85. The lowest BCUT2D eigenvalue weighted by Gasteiger charge is -2.40. The van der Waals surface area contributed by atoms with E-state index in [2.05, 4.69) is 46.6 Å². The van der Waals surface area contributed by atoms with E-state index < -0.39 is 0 Å². The molecule has 2 aliphatic heterocycles. The van der Waals surface area contributed by atoms with E-state index in [4.69, 9.17) is 15.0 Å². The highest BCUT2D eigenvalue weighted by Gasteiger charge is 2.50. The second-order valence-corrected chi connectivity index (χ2v) is 8.18. The van der Waals surface area contributed by atoms with Crippen molar-refractivity contribution in [2.75, 3.05) is 20.1 Å². The second-order valence-electron chi connectivity index (χ2n) is 8.18. The summed E-state index contributed by atoms with van der Waals surface area (Å²) in [4.78, 5) is 2.35. The molecule has 2 N–H and O–H groups in total. The van der Waals surface area contributed by atoms with Gasteiger partial charge in [0.1, 0.15) is 0 Å². The van der Waals surface area contributed by atoms with Gasteiger partial charge >= 0.3 is 7.12 Å². The van der Waals surface area contributed by atoms with Gasteiger partial charge in [0.2, 0.25) is 0 Å². The molecule has 0 saturated carbocycles. The van der Waals surface area contributed by atoms with E-state index >= 15 is 0 Å². The van der Waals surface area contributed by atoms with Crippen molar-refractivity contribution in [3.05, 3.63) is 0 Å². The van der Waals surface area contributed by atoms with Crippen LogP contribution < -0.4 is 5.73 Å². The van der Waals surface area contributed by atoms with Crippen LogP contribution in [0, 0.1) is 5.92 Å². The molecule has 2 heterocycles. The predicted molar refractivity (Wildman–Crippen MR) is 83.7 cm³/mol. The largest absolute Gasteiger partial charge is 0.457 e. The lowest BCUT2D eigenvalue weighted by Crippen LogP contribution is -2.54. The number of piperidine rings is 1. The Hall–Kier alpha value is -0.0951. The van der Waals surface area contributed by atoms with Crippen LogP contribution in [0.2, 0.25) is 6.32 Å². The third-order valence-corrected chi connectivity index (χ3v) is 5.07. The van der Waals surface area contributed by atoms with Gasteiger partial charge in [0.15, 0.2) is 0 Å². The summed E-state index contributed by atoms with van der Waals surface area (Å²) in [6.45, 7) is 12.7. The van der Waals surface area contributed by atoms with Gasteiger partial charge in [-0.1, -0.05) is 6.42 Å². The molecule has 5 heteroatoms. The van der Waals surface area contributed by atoms with E-state index in [1.54, 1.807) is 0 Å². The van der Waals surface area contributed by atoms with Gasteiger partial charge in [-0.2, -0.15) is 0 Å². The van der Waals surface area contributed by atoms with Crippen molar-refractivity contribution < 1.29 is 9.31 Å². The summed E-state index contributed by atoms with van der Waals surface area (Å²) in [5, 5.41) is 0. The lowest BCUT2D eigenvalue weighted by atomic mass is 9.75. The first-order valence-corrected chi connectivity index (χ1v) is 7.84. The molecule has 20 heavy (non-hydrogen) atoms. The standard InChI is InChI=1S/C15H31BN2O2/c1-13(2)14(3,4)20-16(19-13)8-7-12-9-15(5,17)11-18(6)10-12/h12H,7-11,17H2,1-6H3/t12-,15+/m0/s1. The topological polar surface area (TPSA) is 47.7 Å². The van der Waals surface area contributed by atoms with Gasteiger partial charge in [-0.3, -0.25) is 0 Å². The van der Waals surface area contributed by atoms with E-state index in [1.165, 1.54) is 0 Å². The van der Waals surface area contributed by atoms with Gasteiger partial charge in [-0.25, -0.2) is 0 Å². The van der Waals surface area contributed by atoms with E-state index in [-0.39, 0.29) is 23.9 Å². The minimum atomic E-state index is -0.219. The number of nitrogens with zero attached hydrogens (tertiary/aromatic N) is 1. The summed E-state index contributed by atoms with van der Waals surface area (Å²) in [7, 11) is 2.09. The van der Waals surface area contributed by atoms with Crippen LogP contribution >= 0.6 is 0 Å². The first-order chi connectivity index (χ1) is 9.01. The SMILES string of the molecule is CN1C[C@@H](CCB2OC(C)(C)C(C)(C)O2)C[C@@](C)(N)C1. The average Bonchev–Trinajstić information content (AvgIpc) is 2.42. The summed E-state index contributed by atoms with van der Waals surface area (Å²) < 4.78 is 12.1.